The van der Waals surface area contributed by atoms with E-state index in [4.69, 9.17) is 16.3 Å². The average Bonchev–Trinajstić information content (AvgIpc) is 2.52. The molecular formula is C10H11ClO. The summed E-state index contributed by atoms with van der Waals surface area (Å²) in [7, 11) is 0. The molecule has 0 atom stereocenters. The van der Waals surface area contributed by atoms with Gasteiger partial charge in [-0.25, -0.2) is 0 Å². The molecule has 2 rings (SSSR count). The maximum Gasteiger partial charge on any atom is 0.127 e. The zero-order chi connectivity index (χ0) is 8.55. The van der Waals surface area contributed by atoms with Gasteiger partial charge in [-0.05, 0) is 18.1 Å². The van der Waals surface area contributed by atoms with Crippen LogP contribution in [0.15, 0.2) is 12.1 Å². The molecule has 0 spiro atoms. The molecule has 0 N–H and O–H groups in total. The fourth-order valence-electron chi connectivity index (χ4n) is 1.62. The number of fused-ring (bicyclic) bond motifs is 1. The van der Waals surface area contributed by atoms with E-state index in [9.17, 15) is 0 Å². The monoisotopic (exact) mass is 182 g/mol. The normalized spacial score (nSPS) is 14.2. The van der Waals surface area contributed by atoms with Crippen molar-refractivity contribution in [3.8, 4) is 5.75 Å². The minimum Gasteiger partial charge on any atom is -0.493 e. The van der Waals surface area contributed by atoms with Gasteiger partial charge < -0.3 is 4.74 Å². The zero-order valence-corrected chi connectivity index (χ0v) is 7.82. The van der Waals surface area contributed by atoms with Crippen LogP contribution in [0.4, 0.5) is 0 Å². The van der Waals surface area contributed by atoms with Crippen LogP contribution in [0.1, 0.15) is 18.1 Å². The Morgan fingerprint density at radius 2 is 2.33 bits per heavy atom. The summed E-state index contributed by atoms with van der Waals surface area (Å²) >= 11 is 6.03. The van der Waals surface area contributed by atoms with Crippen molar-refractivity contribution in [3.05, 3.63) is 28.3 Å². The molecule has 1 aromatic carbocycles. The number of rotatable bonds is 1. The third-order valence-electron chi connectivity index (χ3n) is 2.26. The van der Waals surface area contributed by atoms with Crippen LogP contribution in [-0.2, 0) is 12.8 Å². The Balaban J connectivity index is 2.57. The smallest absolute Gasteiger partial charge is 0.127 e. The van der Waals surface area contributed by atoms with Crippen molar-refractivity contribution in [1.82, 2.24) is 0 Å². The van der Waals surface area contributed by atoms with Crippen molar-refractivity contribution in [3.63, 3.8) is 0 Å². The van der Waals surface area contributed by atoms with Gasteiger partial charge >= 0.3 is 0 Å². The molecule has 0 fully saturated rings. The highest BCUT2D eigenvalue weighted by atomic mass is 35.5. The Morgan fingerprint density at radius 3 is 3.08 bits per heavy atom. The third kappa shape index (κ3) is 1.09. The average molecular weight is 183 g/mol. The van der Waals surface area contributed by atoms with Gasteiger partial charge in [-0.1, -0.05) is 24.6 Å². The second-order valence-electron chi connectivity index (χ2n) is 2.97. The van der Waals surface area contributed by atoms with Crippen molar-refractivity contribution >= 4 is 11.6 Å². The van der Waals surface area contributed by atoms with Crippen LogP contribution >= 0.6 is 11.6 Å². The minimum atomic E-state index is 0.808. The third-order valence-corrected chi connectivity index (χ3v) is 2.61. The SMILES string of the molecule is CCc1c(Cl)ccc2c1OCC2. The van der Waals surface area contributed by atoms with Gasteiger partial charge in [-0.2, -0.15) is 0 Å². The first kappa shape index (κ1) is 7.93. The van der Waals surface area contributed by atoms with Gasteiger partial charge in [-0.15, -0.1) is 0 Å². The van der Waals surface area contributed by atoms with Crippen molar-refractivity contribution in [2.24, 2.45) is 0 Å². The van der Waals surface area contributed by atoms with Gasteiger partial charge in [0.2, 0.25) is 0 Å². The quantitative estimate of drug-likeness (QED) is 0.649. The van der Waals surface area contributed by atoms with Crippen LogP contribution in [0.25, 0.3) is 0 Å². The molecule has 1 aromatic rings. The first-order valence-corrected chi connectivity index (χ1v) is 4.63. The molecule has 2 heteroatoms. The van der Waals surface area contributed by atoms with Crippen molar-refractivity contribution < 1.29 is 4.74 Å². The van der Waals surface area contributed by atoms with Crippen molar-refractivity contribution in [2.75, 3.05) is 6.61 Å². The summed E-state index contributed by atoms with van der Waals surface area (Å²) in [5, 5.41) is 0.832. The van der Waals surface area contributed by atoms with E-state index in [2.05, 4.69) is 13.0 Å². The number of ether oxygens (including phenoxy) is 1. The summed E-state index contributed by atoms with van der Waals surface area (Å²) in [6.07, 6.45) is 1.97. The second kappa shape index (κ2) is 2.98. The molecule has 0 aromatic heterocycles. The van der Waals surface area contributed by atoms with E-state index >= 15 is 0 Å². The lowest BCUT2D eigenvalue weighted by atomic mass is 10.1. The molecule has 1 heterocycles. The number of halogens is 1. The zero-order valence-electron chi connectivity index (χ0n) is 7.06. The molecule has 0 saturated carbocycles. The predicted octanol–water partition coefficient (Wildman–Crippen LogP) is 2.84. The maximum absolute atomic E-state index is 6.03. The number of hydrogen-bond donors (Lipinski definition) is 0. The molecule has 64 valence electrons. The van der Waals surface area contributed by atoms with Gasteiger partial charge in [0.05, 0.1) is 6.61 Å². The molecule has 0 amide bonds. The van der Waals surface area contributed by atoms with Crippen LogP contribution in [0.3, 0.4) is 0 Å². The van der Waals surface area contributed by atoms with Gasteiger partial charge in [0, 0.05) is 17.0 Å². The highest BCUT2D eigenvalue weighted by molar-refractivity contribution is 6.31. The Labute approximate surface area is 77.3 Å². The number of benzene rings is 1. The van der Waals surface area contributed by atoms with E-state index in [1.165, 1.54) is 5.56 Å². The molecule has 12 heavy (non-hydrogen) atoms. The van der Waals surface area contributed by atoms with Crippen LogP contribution in [-0.4, -0.2) is 6.61 Å². The van der Waals surface area contributed by atoms with E-state index < -0.39 is 0 Å². The summed E-state index contributed by atoms with van der Waals surface area (Å²) < 4.78 is 5.52. The Kier molecular flexibility index (Phi) is 1.97. The Morgan fingerprint density at radius 1 is 1.50 bits per heavy atom. The van der Waals surface area contributed by atoms with Gasteiger partial charge in [-0.3, -0.25) is 0 Å². The fraction of sp³-hybridized carbons (Fsp3) is 0.400. The summed E-state index contributed by atoms with van der Waals surface area (Å²) in [4.78, 5) is 0. The first-order chi connectivity index (χ1) is 5.83. The molecule has 1 aliphatic rings. The lowest BCUT2D eigenvalue weighted by Gasteiger charge is -2.07. The van der Waals surface area contributed by atoms with Crippen LogP contribution in [0.5, 0.6) is 5.75 Å². The Bertz CT molecular complexity index is 307. The minimum absolute atomic E-state index is 0.808. The van der Waals surface area contributed by atoms with Gasteiger partial charge in [0.15, 0.2) is 0 Å². The molecule has 1 nitrogen and oxygen atoms in total. The maximum atomic E-state index is 6.03. The summed E-state index contributed by atoms with van der Waals surface area (Å²) in [6, 6.07) is 4.03. The molecule has 0 unspecified atom stereocenters. The molecular weight excluding hydrogens is 172 g/mol. The predicted molar refractivity (Wildman–Crippen MR) is 50.0 cm³/mol. The molecule has 1 aliphatic heterocycles. The molecule has 0 saturated heterocycles. The second-order valence-corrected chi connectivity index (χ2v) is 3.37. The highest BCUT2D eigenvalue weighted by Gasteiger charge is 2.17. The lowest BCUT2D eigenvalue weighted by Crippen LogP contribution is -1.91. The molecule has 0 bridgehead atoms. The van der Waals surface area contributed by atoms with E-state index in [-0.39, 0.29) is 0 Å². The van der Waals surface area contributed by atoms with E-state index in [0.717, 1.165) is 35.8 Å². The summed E-state index contributed by atoms with van der Waals surface area (Å²) in [5.41, 5.74) is 2.46. The van der Waals surface area contributed by atoms with Crippen molar-refractivity contribution in [1.29, 1.82) is 0 Å². The molecule has 0 radical (unpaired) electrons. The van der Waals surface area contributed by atoms with E-state index in [1.807, 2.05) is 6.07 Å². The highest BCUT2D eigenvalue weighted by Crippen LogP contribution is 2.34. The topological polar surface area (TPSA) is 9.23 Å². The lowest BCUT2D eigenvalue weighted by molar-refractivity contribution is 0.353. The van der Waals surface area contributed by atoms with Crippen molar-refractivity contribution in [2.45, 2.75) is 19.8 Å². The summed E-state index contributed by atoms with van der Waals surface area (Å²) in [6.45, 7) is 2.91. The summed E-state index contributed by atoms with van der Waals surface area (Å²) in [5.74, 6) is 1.03. The van der Waals surface area contributed by atoms with Crippen LogP contribution in [0.2, 0.25) is 5.02 Å². The van der Waals surface area contributed by atoms with Gasteiger partial charge in [0.1, 0.15) is 5.75 Å². The van der Waals surface area contributed by atoms with Crippen LogP contribution < -0.4 is 4.74 Å². The van der Waals surface area contributed by atoms with Crippen LogP contribution in [0, 0.1) is 0 Å². The fourth-order valence-corrected chi connectivity index (χ4v) is 1.90. The number of hydrogen-bond acceptors (Lipinski definition) is 1. The standard InChI is InChI=1S/C10H11ClO/c1-2-8-9(11)4-3-7-5-6-12-10(7)8/h3-4H,2,5-6H2,1H3. The molecule has 0 aliphatic carbocycles. The van der Waals surface area contributed by atoms with Gasteiger partial charge in [0.25, 0.3) is 0 Å². The van der Waals surface area contributed by atoms with E-state index in [1.54, 1.807) is 0 Å². The first-order valence-electron chi connectivity index (χ1n) is 4.26. The Hall–Kier alpha value is -0.690. The van der Waals surface area contributed by atoms with E-state index in [0.29, 0.717) is 0 Å². The largest absolute Gasteiger partial charge is 0.493 e.